The molecule has 0 heterocycles. The molecule has 1 aliphatic carbocycles. The van der Waals surface area contributed by atoms with E-state index in [1.165, 1.54) is 0 Å². The fourth-order valence-corrected chi connectivity index (χ4v) is 2.06. The lowest BCUT2D eigenvalue weighted by atomic mass is 9.85. The highest BCUT2D eigenvalue weighted by Gasteiger charge is 2.28. The molecular formula is C10H16O6. The highest BCUT2D eigenvalue weighted by Crippen LogP contribution is 2.28. The van der Waals surface area contributed by atoms with Gasteiger partial charge in [-0.3, -0.25) is 0 Å². The Morgan fingerprint density at radius 3 is 2.25 bits per heavy atom. The van der Waals surface area contributed by atoms with Gasteiger partial charge in [0.05, 0.1) is 0 Å². The first-order valence-electron chi connectivity index (χ1n) is 5.35. The molecule has 16 heavy (non-hydrogen) atoms. The van der Waals surface area contributed by atoms with Crippen molar-refractivity contribution in [3.8, 4) is 0 Å². The highest BCUT2D eigenvalue weighted by molar-refractivity contribution is 5.58. The Kier molecular flexibility index (Phi) is 4.88. The monoisotopic (exact) mass is 232 g/mol. The van der Waals surface area contributed by atoms with Crippen LogP contribution in [-0.4, -0.2) is 35.2 Å². The van der Waals surface area contributed by atoms with Gasteiger partial charge >= 0.3 is 12.3 Å². The number of hydrogen-bond acceptors (Lipinski definition) is 4. The molecule has 1 saturated carbocycles. The summed E-state index contributed by atoms with van der Waals surface area (Å²) in [7, 11) is 0. The average molecular weight is 232 g/mol. The standard InChI is InChI=1S/C10H16O6/c11-9(12)15-6-8(16-10(13)14)7-4-2-1-3-5-7/h7-8H,1-6H2,(H,11,12)(H,13,14). The largest absolute Gasteiger partial charge is 0.506 e. The van der Waals surface area contributed by atoms with Crippen molar-refractivity contribution in [1.29, 1.82) is 0 Å². The van der Waals surface area contributed by atoms with E-state index in [-0.39, 0.29) is 12.5 Å². The van der Waals surface area contributed by atoms with Crippen LogP contribution in [0.2, 0.25) is 0 Å². The van der Waals surface area contributed by atoms with Crippen molar-refractivity contribution < 1.29 is 29.3 Å². The highest BCUT2D eigenvalue weighted by atomic mass is 16.7. The van der Waals surface area contributed by atoms with Crippen LogP contribution in [-0.2, 0) is 9.47 Å². The Morgan fingerprint density at radius 2 is 1.75 bits per heavy atom. The van der Waals surface area contributed by atoms with Gasteiger partial charge in [0.25, 0.3) is 0 Å². The van der Waals surface area contributed by atoms with E-state index in [1.54, 1.807) is 0 Å². The lowest BCUT2D eigenvalue weighted by molar-refractivity contribution is -0.0264. The van der Waals surface area contributed by atoms with E-state index < -0.39 is 18.4 Å². The number of rotatable bonds is 4. The smallest absolute Gasteiger partial charge is 0.450 e. The zero-order chi connectivity index (χ0) is 12.0. The second-order valence-corrected chi connectivity index (χ2v) is 3.90. The van der Waals surface area contributed by atoms with Gasteiger partial charge in [-0.05, 0) is 18.8 Å². The Labute approximate surface area is 93.2 Å². The lowest BCUT2D eigenvalue weighted by Gasteiger charge is -2.28. The van der Waals surface area contributed by atoms with Gasteiger partial charge in [-0.15, -0.1) is 0 Å². The maximum atomic E-state index is 10.5. The van der Waals surface area contributed by atoms with Crippen molar-refractivity contribution in [2.45, 2.75) is 38.2 Å². The summed E-state index contributed by atoms with van der Waals surface area (Å²) in [4.78, 5) is 20.7. The summed E-state index contributed by atoms with van der Waals surface area (Å²) in [5, 5.41) is 16.9. The van der Waals surface area contributed by atoms with Crippen LogP contribution in [0.3, 0.4) is 0 Å². The SMILES string of the molecule is O=C(O)OCC(OC(=O)O)C1CCCCC1. The van der Waals surface area contributed by atoms with Crippen molar-refractivity contribution in [2.75, 3.05) is 6.61 Å². The van der Waals surface area contributed by atoms with E-state index in [9.17, 15) is 9.59 Å². The van der Waals surface area contributed by atoms with Crippen LogP contribution in [0.15, 0.2) is 0 Å². The first kappa shape index (κ1) is 12.6. The summed E-state index contributed by atoms with van der Waals surface area (Å²) in [6, 6.07) is 0. The van der Waals surface area contributed by atoms with Gasteiger partial charge in [0.1, 0.15) is 12.7 Å². The molecule has 0 aromatic heterocycles. The first-order valence-corrected chi connectivity index (χ1v) is 5.35. The molecule has 1 fully saturated rings. The molecule has 0 radical (unpaired) electrons. The summed E-state index contributed by atoms with van der Waals surface area (Å²) in [6.07, 6.45) is 1.44. The second kappa shape index (κ2) is 6.19. The van der Waals surface area contributed by atoms with Crippen molar-refractivity contribution in [2.24, 2.45) is 5.92 Å². The zero-order valence-corrected chi connectivity index (χ0v) is 8.92. The van der Waals surface area contributed by atoms with Crippen LogP contribution in [0.1, 0.15) is 32.1 Å². The lowest BCUT2D eigenvalue weighted by Crippen LogP contribution is -2.33. The molecule has 0 spiro atoms. The van der Waals surface area contributed by atoms with Crippen molar-refractivity contribution in [3.05, 3.63) is 0 Å². The van der Waals surface area contributed by atoms with Crippen molar-refractivity contribution in [3.63, 3.8) is 0 Å². The molecule has 0 aromatic carbocycles. The van der Waals surface area contributed by atoms with Crippen LogP contribution in [0.4, 0.5) is 9.59 Å². The molecule has 0 aromatic rings. The predicted molar refractivity (Wildman–Crippen MR) is 53.4 cm³/mol. The Morgan fingerprint density at radius 1 is 1.12 bits per heavy atom. The molecule has 1 atom stereocenters. The fourth-order valence-electron chi connectivity index (χ4n) is 2.06. The predicted octanol–water partition coefficient (Wildman–Crippen LogP) is 2.32. The minimum absolute atomic E-state index is 0.0733. The molecule has 1 rings (SSSR count). The van der Waals surface area contributed by atoms with Crippen LogP contribution < -0.4 is 0 Å². The fraction of sp³-hybridized carbons (Fsp3) is 0.800. The normalized spacial score (nSPS) is 18.8. The van der Waals surface area contributed by atoms with E-state index in [0.29, 0.717) is 0 Å². The van der Waals surface area contributed by atoms with Crippen LogP contribution in [0, 0.1) is 5.92 Å². The van der Waals surface area contributed by atoms with Gasteiger partial charge in [-0.2, -0.15) is 0 Å². The van der Waals surface area contributed by atoms with Gasteiger partial charge < -0.3 is 19.7 Å². The van der Waals surface area contributed by atoms with Crippen molar-refractivity contribution >= 4 is 12.3 Å². The Hall–Kier alpha value is -1.46. The van der Waals surface area contributed by atoms with E-state index in [0.717, 1.165) is 32.1 Å². The van der Waals surface area contributed by atoms with Gasteiger partial charge in [0.2, 0.25) is 0 Å². The van der Waals surface area contributed by atoms with Crippen LogP contribution >= 0.6 is 0 Å². The van der Waals surface area contributed by atoms with E-state index in [2.05, 4.69) is 9.47 Å². The van der Waals surface area contributed by atoms with Gasteiger partial charge in [-0.25, -0.2) is 9.59 Å². The average Bonchev–Trinajstić information content (AvgIpc) is 2.25. The summed E-state index contributed by atoms with van der Waals surface area (Å²) < 4.78 is 9.05. The molecule has 1 aliphatic rings. The molecule has 0 saturated heterocycles. The van der Waals surface area contributed by atoms with E-state index >= 15 is 0 Å². The Balaban J connectivity index is 2.47. The molecular weight excluding hydrogens is 216 g/mol. The Bertz CT molecular complexity index is 246. The molecule has 2 N–H and O–H groups in total. The molecule has 0 aliphatic heterocycles. The minimum atomic E-state index is -1.41. The molecule has 0 bridgehead atoms. The number of carbonyl (C=O) groups is 2. The third-order valence-corrected chi connectivity index (χ3v) is 2.80. The maximum absolute atomic E-state index is 10.5. The molecule has 6 nitrogen and oxygen atoms in total. The molecule has 92 valence electrons. The number of hydrogen-bond donors (Lipinski definition) is 2. The first-order chi connectivity index (χ1) is 7.59. The summed E-state index contributed by atoms with van der Waals surface area (Å²) in [6.45, 7) is -0.216. The maximum Gasteiger partial charge on any atom is 0.506 e. The van der Waals surface area contributed by atoms with Gasteiger partial charge in [0.15, 0.2) is 0 Å². The molecule has 0 amide bonds. The van der Waals surface area contributed by atoms with Crippen LogP contribution in [0.25, 0.3) is 0 Å². The summed E-state index contributed by atoms with van der Waals surface area (Å²) in [5.41, 5.74) is 0. The third kappa shape index (κ3) is 4.37. The van der Waals surface area contributed by atoms with Gasteiger partial charge in [-0.1, -0.05) is 19.3 Å². The zero-order valence-electron chi connectivity index (χ0n) is 8.92. The second-order valence-electron chi connectivity index (χ2n) is 3.90. The molecule has 1 unspecified atom stereocenters. The summed E-state index contributed by atoms with van der Waals surface area (Å²) >= 11 is 0. The molecule has 6 heteroatoms. The minimum Gasteiger partial charge on any atom is -0.450 e. The van der Waals surface area contributed by atoms with E-state index in [1.807, 2.05) is 0 Å². The number of carboxylic acid groups (broad SMARTS) is 2. The summed E-state index contributed by atoms with van der Waals surface area (Å²) in [5.74, 6) is 0.0733. The van der Waals surface area contributed by atoms with Crippen LogP contribution in [0.5, 0.6) is 0 Å². The van der Waals surface area contributed by atoms with Gasteiger partial charge in [0, 0.05) is 0 Å². The third-order valence-electron chi connectivity index (χ3n) is 2.80. The topological polar surface area (TPSA) is 93.1 Å². The van der Waals surface area contributed by atoms with Crippen molar-refractivity contribution in [1.82, 2.24) is 0 Å². The number of ether oxygens (including phenoxy) is 2. The van der Waals surface area contributed by atoms with E-state index in [4.69, 9.17) is 10.2 Å². The quantitative estimate of drug-likeness (QED) is 0.722.